The third kappa shape index (κ3) is 3.06. The van der Waals surface area contributed by atoms with E-state index >= 15 is 0 Å². The topological polar surface area (TPSA) is 59.2 Å². The maximum Gasteiger partial charge on any atom is 0.132 e. The number of nitrogens with zero attached hydrogens (tertiary/aromatic N) is 1. The van der Waals surface area contributed by atoms with E-state index in [0.29, 0.717) is 0 Å². The van der Waals surface area contributed by atoms with Crippen molar-refractivity contribution < 1.29 is 9.47 Å². The molecule has 2 rings (SSSR count). The number of nitrogens with one attached hydrogen (secondary N) is 2. The highest BCUT2D eigenvalue weighted by Crippen LogP contribution is 2.32. The summed E-state index contributed by atoms with van der Waals surface area (Å²) in [5.74, 6) is 1.52. The fraction of sp³-hybridized carbons (Fsp3) is 0.357. The third-order valence-corrected chi connectivity index (χ3v) is 2.88. The van der Waals surface area contributed by atoms with Crippen LogP contribution in [0.1, 0.15) is 12.6 Å². The molecule has 0 atom stereocenters. The van der Waals surface area contributed by atoms with Crippen LogP contribution in [0.25, 0.3) is 11.3 Å². The average molecular weight is 261 g/mol. The lowest BCUT2D eigenvalue weighted by molar-refractivity contribution is 0.395. The minimum absolute atomic E-state index is 0.751. The first kappa shape index (κ1) is 13.4. The van der Waals surface area contributed by atoms with Crippen molar-refractivity contribution in [1.82, 2.24) is 15.5 Å². The Labute approximate surface area is 112 Å². The number of benzene rings is 1. The van der Waals surface area contributed by atoms with Crippen molar-refractivity contribution in [2.45, 2.75) is 13.5 Å². The van der Waals surface area contributed by atoms with Crippen LogP contribution >= 0.6 is 0 Å². The fourth-order valence-electron chi connectivity index (χ4n) is 1.86. The van der Waals surface area contributed by atoms with E-state index in [2.05, 4.69) is 22.4 Å². The van der Waals surface area contributed by atoms with Gasteiger partial charge in [-0.3, -0.25) is 5.10 Å². The number of ether oxygens (including phenoxy) is 2. The quantitative estimate of drug-likeness (QED) is 0.837. The molecule has 19 heavy (non-hydrogen) atoms. The highest BCUT2D eigenvalue weighted by Gasteiger charge is 2.10. The molecule has 0 spiro atoms. The summed E-state index contributed by atoms with van der Waals surface area (Å²) in [7, 11) is 3.28. The smallest absolute Gasteiger partial charge is 0.132 e. The van der Waals surface area contributed by atoms with Gasteiger partial charge in [-0.15, -0.1) is 0 Å². The molecule has 5 heteroatoms. The van der Waals surface area contributed by atoms with Gasteiger partial charge in [-0.2, -0.15) is 5.10 Å². The minimum atomic E-state index is 0.751. The van der Waals surface area contributed by atoms with Gasteiger partial charge in [0.25, 0.3) is 0 Å². The second-order valence-corrected chi connectivity index (χ2v) is 4.12. The molecule has 0 unspecified atom stereocenters. The van der Waals surface area contributed by atoms with E-state index in [0.717, 1.165) is 41.5 Å². The maximum absolute atomic E-state index is 5.38. The lowest BCUT2D eigenvalue weighted by Crippen LogP contribution is -2.11. The largest absolute Gasteiger partial charge is 0.497 e. The molecular formula is C14H19N3O2. The molecule has 0 amide bonds. The molecular weight excluding hydrogens is 242 g/mol. The number of hydrogen-bond acceptors (Lipinski definition) is 4. The lowest BCUT2D eigenvalue weighted by atomic mass is 10.1. The summed E-state index contributed by atoms with van der Waals surface area (Å²) < 4.78 is 10.6. The molecule has 0 saturated carbocycles. The monoisotopic (exact) mass is 261 g/mol. The molecule has 1 aromatic heterocycles. The van der Waals surface area contributed by atoms with Crippen LogP contribution in [0, 0.1) is 0 Å². The SMILES string of the molecule is CCNCc1cc(-c2ccc(OC)cc2OC)n[nH]1. The molecule has 2 N–H and O–H groups in total. The van der Waals surface area contributed by atoms with Crippen molar-refractivity contribution >= 4 is 0 Å². The Balaban J connectivity index is 2.27. The van der Waals surface area contributed by atoms with Gasteiger partial charge in [0.15, 0.2) is 0 Å². The molecule has 0 aliphatic heterocycles. The predicted molar refractivity (Wildman–Crippen MR) is 74.5 cm³/mol. The van der Waals surface area contributed by atoms with Crippen molar-refractivity contribution in [1.29, 1.82) is 0 Å². The molecule has 0 bridgehead atoms. The van der Waals surface area contributed by atoms with Crippen LogP contribution < -0.4 is 14.8 Å². The Kier molecular flexibility index (Phi) is 4.41. The zero-order valence-electron chi connectivity index (χ0n) is 11.5. The van der Waals surface area contributed by atoms with Crippen LogP contribution in [-0.2, 0) is 6.54 Å². The summed E-state index contributed by atoms with van der Waals surface area (Å²) >= 11 is 0. The van der Waals surface area contributed by atoms with E-state index in [1.807, 2.05) is 24.3 Å². The van der Waals surface area contributed by atoms with E-state index in [4.69, 9.17) is 9.47 Å². The number of rotatable bonds is 6. The Morgan fingerprint density at radius 2 is 2.05 bits per heavy atom. The van der Waals surface area contributed by atoms with E-state index in [-0.39, 0.29) is 0 Å². The summed E-state index contributed by atoms with van der Waals surface area (Å²) in [4.78, 5) is 0. The Morgan fingerprint density at radius 3 is 2.74 bits per heavy atom. The van der Waals surface area contributed by atoms with Crippen molar-refractivity contribution in [3.05, 3.63) is 30.0 Å². The summed E-state index contributed by atoms with van der Waals surface area (Å²) in [5, 5.41) is 10.6. The standard InChI is InChI=1S/C14H19N3O2/c1-4-15-9-10-7-13(17-16-10)12-6-5-11(18-2)8-14(12)19-3/h5-8,15H,4,9H2,1-3H3,(H,16,17). The molecule has 0 aliphatic carbocycles. The highest BCUT2D eigenvalue weighted by atomic mass is 16.5. The van der Waals surface area contributed by atoms with Crippen molar-refractivity contribution in [2.24, 2.45) is 0 Å². The van der Waals surface area contributed by atoms with Crippen LogP contribution in [0.4, 0.5) is 0 Å². The second kappa shape index (κ2) is 6.24. The zero-order chi connectivity index (χ0) is 13.7. The fourth-order valence-corrected chi connectivity index (χ4v) is 1.86. The second-order valence-electron chi connectivity index (χ2n) is 4.12. The van der Waals surface area contributed by atoms with E-state index in [1.165, 1.54) is 0 Å². The molecule has 0 aliphatic rings. The molecule has 0 saturated heterocycles. The van der Waals surface area contributed by atoms with Crippen molar-refractivity contribution in [3.63, 3.8) is 0 Å². The van der Waals surface area contributed by atoms with Gasteiger partial charge in [0, 0.05) is 23.9 Å². The van der Waals surface area contributed by atoms with Gasteiger partial charge in [-0.25, -0.2) is 0 Å². The predicted octanol–water partition coefficient (Wildman–Crippen LogP) is 2.20. The number of methoxy groups -OCH3 is 2. The van der Waals surface area contributed by atoms with Crippen LogP contribution in [0.2, 0.25) is 0 Å². The summed E-state index contributed by atoms with van der Waals surface area (Å²) in [5.41, 5.74) is 2.87. The normalized spacial score (nSPS) is 10.5. The van der Waals surface area contributed by atoms with Gasteiger partial charge < -0.3 is 14.8 Å². The maximum atomic E-state index is 5.38. The molecule has 1 heterocycles. The van der Waals surface area contributed by atoms with Crippen LogP contribution in [0.5, 0.6) is 11.5 Å². The van der Waals surface area contributed by atoms with Gasteiger partial charge in [0.1, 0.15) is 11.5 Å². The molecule has 1 aromatic carbocycles. The molecule has 5 nitrogen and oxygen atoms in total. The highest BCUT2D eigenvalue weighted by molar-refractivity contribution is 5.68. The van der Waals surface area contributed by atoms with Gasteiger partial charge in [0.2, 0.25) is 0 Å². The van der Waals surface area contributed by atoms with E-state index in [1.54, 1.807) is 14.2 Å². The minimum Gasteiger partial charge on any atom is -0.497 e. The van der Waals surface area contributed by atoms with Crippen LogP contribution in [-0.4, -0.2) is 31.0 Å². The van der Waals surface area contributed by atoms with Crippen LogP contribution in [0.3, 0.4) is 0 Å². The first-order valence-electron chi connectivity index (χ1n) is 6.26. The Hall–Kier alpha value is -2.01. The number of aromatic amines is 1. The first-order valence-corrected chi connectivity index (χ1v) is 6.26. The molecule has 0 radical (unpaired) electrons. The molecule has 0 fully saturated rings. The first-order chi connectivity index (χ1) is 9.28. The van der Waals surface area contributed by atoms with E-state index < -0.39 is 0 Å². The third-order valence-electron chi connectivity index (χ3n) is 2.88. The number of hydrogen-bond donors (Lipinski definition) is 2. The number of aromatic nitrogens is 2. The van der Waals surface area contributed by atoms with Gasteiger partial charge in [0.05, 0.1) is 19.9 Å². The van der Waals surface area contributed by atoms with Gasteiger partial charge >= 0.3 is 0 Å². The van der Waals surface area contributed by atoms with E-state index in [9.17, 15) is 0 Å². The van der Waals surface area contributed by atoms with Crippen molar-refractivity contribution in [3.8, 4) is 22.8 Å². The molecule has 102 valence electrons. The summed E-state index contributed by atoms with van der Waals surface area (Å²) in [6.07, 6.45) is 0. The Morgan fingerprint density at radius 1 is 1.21 bits per heavy atom. The van der Waals surface area contributed by atoms with Crippen molar-refractivity contribution in [2.75, 3.05) is 20.8 Å². The lowest BCUT2D eigenvalue weighted by Gasteiger charge is -2.08. The summed E-state index contributed by atoms with van der Waals surface area (Å²) in [6, 6.07) is 7.72. The summed E-state index contributed by atoms with van der Waals surface area (Å²) in [6.45, 7) is 3.78. The zero-order valence-corrected chi connectivity index (χ0v) is 11.5. The Bertz CT molecular complexity index is 537. The number of H-pyrrole nitrogens is 1. The average Bonchev–Trinajstić information content (AvgIpc) is 2.92. The molecule has 2 aromatic rings. The van der Waals surface area contributed by atoms with Gasteiger partial charge in [-0.05, 0) is 24.7 Å². The van der Waals surface area contributed by atoms with Crippen LogP contribution in [0.15, 0.2) is 24.3 Å². The van der Waals surface area contributed by atoms with Gasteiger partial charge in [-0.1, -0.05) is 6.92 Å².